The summed E-state index contributed by atoms with van der Waals surface area (Å²) >= 11 is 0. The number of hydrogen-bond acceptors (Lipinski definition) is 2. The van der Waals surface area contributed by atoms with Gasteiger partial charge in [-0.2, -0.15) is 0 Å². The number of nitrogens with zero attached hydrogens (tertiary/aromatic N) is 2. The summed E-state index contributed by atoms with van der Waals surface area (Å²) in [6.07, 6.45) is 4.22. The van der Waals surface area contributed by atoms with Gasteiger partial charge in [0.15, 0.2) is 0 Å². The molecule has 1 aliphatic heterocycles. The van der Waals surface area contributed by atoms with Gasteiger partial charge in [0.2, 0.25) is 0 Å². The Bertz CT molecular complexity index is 1290. The summed E-state index contributed by atoms with van der Waals surface area (Å²) < 4.78 is 28.1. The van der Waals surface area contributed by atoms with Crippen LogP contribution in [0.25, 0.3) is 22.0 Å². The molecule has 3 aromatic carbocycles. The molecule has 0 bridgehead atoms. The van der Waals surface area contributed by atoms with E-state index in [2.05, 4.69) is 9.88 Å². The van der Waals surface area contributed by atoms with Gasteiger partial charge in [-0.15, -0.1) is 0 Å². The Morgan fingerprint density at radius 2 is 1.68 bits per heavy atom. The van der Waals surface area contributed by atoms with E-state index in [9.17, 15) is 13.6 Å². The predicted molar refractivity (Wildman–Crippen MR) is 131 cm³/mol. The molecule has 4 nitrogen and oxygen atoms in total. The van der Waals surface area contributed by atoms with Crippen LogP contribution in [0, 0.1) is 11.6 Å². The van der Waals surface area contributed by atoms with Gasteiger partial charge in [-0.25, -0.2) is 8.78 Å². The Morgan fingerprint density at radius 3 is 2.47 bits per heavy atom. The Balaban J connectivity index is 1.42. The summed E-state index contributed by atoms with van der Waals surface area (Å²) in [6.45, 7) is 3.63. The van der Waals surface area contributed by atoms with Crippen LogP contribution in [0.5, 0.6) is 0 Å². The lowest BCUT2D eigenvalue weighted by Gasteiger charge is -2.26. The number of carbonyl (C=O) groups excluding carboxylic acids is 1. The third-order valence-corrected chi connectivity index (χ3v) is 6.48. The number of halogens is 2. The molecule has 1 aliphatic rings. The van der Waals surface area contributed by atoms with Gasteiger partial charge in [0, 0.05) is 36.9 Å². The number of H-pyrrole nitrogens is 1. The zero-order chi connectivity index (χ0) is 23.5. The lowest BCUT2D eigenvalue weighted by atomic mass is 10.0. The zero-order valence-corrected chi connectivity index (χ0v) is 18.9. The quantitative estimate of drug-likeness (QED) is 0.377. The highest BCUT2D eigenvalue weighted by Crippen LogP contribution is 2.26. The number of nitrogens with one attached hydrogen (secondary N) is 1. The zero-order valence-electron chi connectivity index (χ0n) is 18.9. The molecule has 1 N–H and O–H groups in total. The lowest BCUT2D eigenvalue weighted by molar-refractivity contribution is 0.0727. The highest BCUT2D eigenvalue weighted by molar-refractivity contribution is 5.94. The maximum atomic E-state index is 14.7. The molecule has 1 amide bonds. The molecule has 2 heterocycles. The third-order valence-electron chi connectivity index (χ3n) is 6.48. The molecule has 0 aliphatic carbocycles. The SMILES string of the molecule is O=C(c1ccc(F)cc1)N(CCN1CCCC1)Cc1cc(F)cc(-c2ccc3[nH]ccc3c2)c1. The van der Waals surface area contributed by atoms with Crippen LogP contribution in [0.15, 0.2) is 72.9 Å². The Hall–Kier alpha value is -3.51. The van der Waals surface area contributed by atoms with E-state index in [0.717, 1.165) is 47.2 Å². The van der Waals surface area contributed by atoms with Crippen molar-refractivity contribution in [3.8, 4) is 11.1 Å². The average molecular weight is 460 g/mol. The van der Waals surface area contributed by atoms with E-state index in [1.165, 1.54) is 49.2 Å². The number of hydrogen-bond donors (Lipinski definition) is 1. The van der Waals surface area contributed by atoms with E-state index in [1.807, 2.05) is 36.5 Å². The van der Waals surface area contributed by atoms with Crippen LogP contribution in [0.3, 0.4) is 0 Å². The average Bonchev–Trinajstić information content (AvgIpc) is 3.53. The number of rotatable bonds is 7. The van der Waals surface area contributed by atoms with E-state index in [-0.39, 0.29) is 24.1 Å². The van der Waals surface area contributed by atoms with Crippen LogP contribution in [0.2, 0.25) is 0 Å². The Morgan fingerprint density at radius 1 is 0.882 bits per heavy atom. The smallest absolute Gasteiger partial charge is 0.254 e. The summed E-state index contributed by atoms with van der Waals surface area (Å²) in [7, 11) is 0. The lowest BCUT2D eigenvalue weighted by Crippen LogP contribution is -2.37. The largest absolute Gasteiger partial charge is 0.361 e. The van der Waals surface area contributed by atoms with Gasteiger partial charge >= 0.3 is 0 Å². The number of carbonyl (C=O) groups is 1. The first-order valence-corrected chi connectivity index (χ1v) is 11.7. The monoisotopic (exact) mass is 459 g/mol. The normalized spacial score (nSPS) is 14.1. The van der Waals surface area contributed by atoms with Crippen LogP contribution in [-0.4, -0.2) is 46.9 Å². The van der Waals surface area contributed by atoms with Crippen LogP contribution in [0.1, 0.15) is 28.8 Å². The molecule has 0 atom stereocenters. The first kappa shape index (κ1) is 22.3. The number of aromatic nitrogens is 1. The summed E-state index contributed by atoms with van der Waals surface area (Å²) in [5.74, 6) is -0.900. The number of likely N-dealkylation sites (tertiary alicyclic amines) is 1. The maximum absolute atomic E-state index is 14.7. The molecule has 0 spiro atoms. The second-order valence-corrected chi connectivity index (χ2v) is 8.91. The van der Waals surface area contributed by atoms with Gasteiger partial charge < -0.3 is 14.8 Å². The van der Waals surface area contributed by atoms with E-state index in [0.29, 0.717) is 12.1 Å². The molecule has 0 unspecified atom stereocenters. The molecular formula is C28H27F2N3O. The van der Waals surface area contributed by atoms with Gasteiger partial charge in [-0.1, -0.05) is 6.07 Å². The van der Waals surface area contributed by atoms with Crippen LogP contribution < -0.4 is 0 Å². The van der Waals surface area contributed by atoms with Crippen molar-refractivity contribution in [1.82, 2.24) is 14.8 Å². The number of benzene rings is 3. The van der Waals surface area contributed by atoms with Crippen molar-refractivity contribution in [2.45, 2.75) is 19.4 Å². The van der Waals surface area contributed by atoms with Crippen LogP contribution >= 0.6 is 0 Å². The van der Waals surface area contributed by atoms with Crippen molar-refractivity contribution in [3.63, 3.8) is 0 Å². The summed E-state index contributed by atoms with van der Waals surface area (Å²) in [6, 6.07) is 18.5. The predicted octanol–water partition coefficient (Wildman–Crippen LogP) is 5.85. The summed E-state index contributed by atoms with van der Waals surface area (Å²) in [4.78, 5) is 20.6. The minimum atomic E-state index is -0.380. The third kappa shape index (κ3) is 5.02. The molecular weight excluding hydrogens is 432 g/mol. The molecule has 34 heavy (non-hydrogen) atoms. The van der Waals surface area contributed by atoms with E-state index in [1.54, 1.807) is 4.90 Å². The van der Waals surface area contributed by atoms with Crippen LogP contribution in [-0.2, 0) is 6.54 Å². The summed E-state index contributed by atoms with van der Waals surface area (Å²) in [5, 5.41) is 1.06. The van der Waals surface area contributed by atoms with Crippen molar-refractivity contribution in [2.24, 2.45) is 0 Å². The van der Waals surface area contributed by atoms with Gasteiger partial charge in [-0.05, 0) is 109 Å². The molecule has 4 aromatic rings. The molecule has 174 valence electrons. The van der Waals surface area contributed by atoms with E-state index >= 15 is 0 Å². The van der Waals surface area contributed by atoms with Crippen molar-refractivity contribution < 1.29 is 13.6 Å². The fourth-order valence-corrected chi connectivity index (χ4v) is 4.66. The van der Waals surface area contributed by atoms with E-state index < -0.39 is 0 Å². The van der Waals surface area contributed by atoms with Crippen LogP contribution in [0.4, 0.5) is 8.78 Å². The second-order valence-electron chi connectivity index (χ2n) is 8.91. The first-order chi connectivity index (χ1) is 16.5. The summed E-state index contributed by atoms with van der Waals surface area (Å²) in [5.41, 5.74) is 3.87. The first-order valence-electron chi connectivity index (χ1n) is 11.7. The topological polar surface area (TPSA) is 39.3 Å². The standard InChI is InChI=1S/C28H27F2N3O/c29-25-6-3-21(4-7-25)28(34)33(14-13-32-11-1-2-12-32)19-20-15-24(18-26(30)16-20)22-5-8-27-23(17-22)9-10-31-27/h3-10,15-18,31H,1-2,11-14,19H2. The molecule has 1 aromatic heterocycles. The fourth-order valence-electron chi connectivity index (χ4n) is 4.66. The molecule has 1 saturated heterocycles. The highest BCUT2D eigenvalue weighted by atomic mass is 19.1. The molecule has 5 rings (SSSR count). The van der Waals surface area contributed by atoms with Crippen molar-refractivity contribution in [1.29, 1.82) is 0 Å². The minimum Gasteiger partial charge on any atom is -0.361 e. The van der Waals surface area contributed by atoms with Crippen molar-refractivity contribution >= 4 is 16.8 Å². The van der Waals surface area contributed by atoms with Crippen molar-refractivity contribution in [3.05, 3.63) is 95.7 Å². The second kappa shape index (κ2) is 9.77. The number of amides is 1. The maximum Gasteiger partial charge on any atom is 0.254 e. The molecule has 0 saturated carbocycles. The molecule has 0 radical (unpaired) electrons. The number of aromatic amines is 1. The number of fused-ring (bicyclic) bond motifs is 1. The van der Waals surface area contributed by atoms with Gasteiger partial charge in [0.25, 0.3) is 5.91 Å². The van der Waals surface area contributed by atoms with Gasteiger partial charge in [-0.3, -0.25) is 4.79 Å². The molecule has 6 heteroatoms. The Kier molecular flexibility index (Phi) is 6.41. The Labute approximate surface area is 197 Å². The van der Waals surface area contributed by atoms with Crippen molar-refractivity contribution in [2.75, 3.05) is 26.2 Å². The van der Waals surface area contributed by atoms with Gasteiger partial charge in [0.1, 0.15) is 11.6 Å². The minimum absolute atomic E-state index is 0.182. The van der Waals surface area contributed by atoms with Gasteiger partial charge in [0.05, 0.1) is 0 Å². The van der Waals surface area contributed by atoms with E-state index in [4.69, 9.17) is 0 Å². The molecule has 1 fully saturated rings. The highest BCUT2D eigenvalue weighted by Gasteiger charge is 2.20. The fraction of sp³-hybridized carbons (Fsp3) is 0.250.